The first-order chi connectivity index (χ1) is 8.35. The van der Waals surface area contributed by atoms with Gasteiger partial charge < -0.3 is 5.73 Å². The Balaban J connectivity index is 1.78. The van der Waals surface area contributed by atoms with Crippen molar-refractivity contribution in [2.45, 2.75) is 38.6 Å². The van der Waals surface area contributed by atoms with Crippen LogP contribution in [0.1, 0.15) is 39.1 Å². The first-order valence-corrected chi connectivity index (χ1v) is 7.65. The first-order valence-electron chi connectivity index (χ1n) is 5.96. The number of nitrogens with zero attached hydrogens (tertiary/aromatic N) is 2. The van der Waals surface area contributed by atoms with Crippen molar-refractivity contribution in [2.75, 3.05) is 0 Å². The van der Waals surface area contributed by atoms with Gasteiger partial charge in [-0.25, -0.2) is 9.97 Å². The molecular formula is C12H15N3S2. The highest BCUT2D eigenvalue weighted by atomic mass is 32.1. The minimum absolute atomic E-state index is 0.533. The summed E-state index contributed by atoms with van der Waals surface area (Å²) in [5, 5.41) is 4.40. The monoisotopic (exact) mass is 265 g/mol. The summed E-state index contributed by atoms with van der Waals surface area (Å²) in [6.07, 6.45) is 5.88. The van der Waals surface area contributed by atoms with Crippen LogP contribution in [0, 0.1) is 0 Å². The molecule has 90 valence electrons. The van der Waals surface area contributed by atoms with Gasteiger partial charge in [-0.3, -0.25) is 0 Å². The number of hydrogen-bond acceptors (Lipinski definition) is 5. The molecule has 0 fully saturated rings. The van der Waals surface area contributed by atoms with E-state index in [2.05, 4.69) is 4.98 Å². The number of aromatic nitrogens is 2. The van der Waals surface area contributed by atoms with Crippen molar-refractivity contribution >= 4 is 22.7 Å². The summed E-state index contributed by atoms with van der Waals surface area (Å²) in [5.74, 6) is 0. The van der Waals surface area contributed by atoms with Crippen LogP contribution in [0.5, 0.6) is 0 Å². The summed E-state index contributed by atoms with van der Waals surface area (Å²) in [6, 6.07) is 0. The van der Waals surface area contributed by atoms with E-state index in [1.165, 1.54) is 34.8 Å². The third-order valence-electron chi connectivity index (χ3n) is 3.00. The first kappa shape index (κ1) is 11.3. The fourth-order valence-corrected chi connectivity index (χ4v) is 4.20. The Kier molecular flexibility index (Phi) is 3.22. The highest BCUT2D eigenvalue weighted by Gasteiger charge is 2.15. The van der Waals surface area contributed by atoms with Crippen LogP contribution >= 0.6 is 22.7 Å². The Morgan fingerprint density at radius 2 is 2.06 bits per heavy atom. The maximum atomic E-state index is 5.57. The van der Waals surface area contributed by atoms with Crippen LogP contribution < -0.4 is 5.73 Å². The number of nitrogens with two attached hydrogens (primary N) is 1. The average molecular weight is 265 g/mol. The van der Waals surface area contributed by atoms with E-state index in [4.69, 9.17) is 10.7 Å². The van der Waals surface area contributed by atoms with E-state index in [1.807, 2.05) is 16.7 Å². The van der Waals surface area contributed by atoms with Gasteiger partial charge in [0.25, 0.3) is 0 Å². The summed E-state index contributed by atoms with van der Waals surface area (Å²) in [7, 11) is 0. The van der Waals surface area contributed by atoms with Crippen molar-refractivity contribution in [1.82, 2.24) is 9.97 Å². The summed E-state index contributed by atoms with van der Waals surface area (Å²) >= 11 is 3.56. The van der Waals surface area contributed by atoms with Gasteiger partial charge in [0.2, 0.25) is 0 Å². The lowest BCUT2D eigenvalue weighted by atomic mass is 10.0. The number of rotatable bonds is 3. The Labute approximate surface area is 109 Å². The van der Waals surface area contributed by atoms with Crippen LogP contribution in [-0.4, -0.2) is 9.97 Å². The lowest BCUT2D eigenvalue weighted by molar-refractivity contribution is 0.681. The quantitative estimate of drug-likeness (QED) is 0.928. The predicted molar refractivity (Wildman–Crippen MR) is 71.6 cm³/mol. The highest BCUT2D eigenvalue weighted by Crippen LogP contribution is 2.28. The van der Waals surface area contributed by atoms with E-state index in [0.717, 1.165) is 23.5 Å². The third-order valence-corrected chi connectivity index (χ3v) is 5.06. The average Bonchev–Trinajstić information content (AvgIpc) is 2.94. The molecule has 0 bridgehead atoms. The van der Waals surface area contributed by atoms with Crippen molar-refractivity contribution in [3.63, 3.8) is 0 Å². The SMILES string of the molecule is NCc1csc(Cc2nc3c(s2)CCCC3)n1. The molecule has 2 aromatic rings. The summed E-state index contributed by atoms with van der Waals surface area (Å²) in [4.78, 5) is 10.7. The molecule has 0 radical (unpaired) electrons. The number of thiazole rings is 2. The molecule has 0 unspecified atom stereocenters. The molecule has 0 saturated carbocycles. The van der Waals surface area contributed by atoms with E-state index in [9.17, 15) is 0 Å². The van der Waals surface area contributed by atoms with Gasteiger partial charge in [-0.1, -0.05) is 0 Å². The largest absolute Gasteiger partial charge is 0.325 e. The molecule has 5 heteroatoms. The second kappa shape index (κ2) is 4.84. The fraction of sp³-hybridized carbons (Fsp3) is 0.500. The Morgan fingerprint density at radius 1 is 1.18 bits per heavy atom. The van der Waals surface area contributed by atoms with Crippen LogP contribution in [0.2, 0.25) is 0 Å². The highest BCUT2D eigenvalue weighted by molar-refractivity contribution is 7.12. The van der Waals surface area contributed by atoms with E-state index < -0.39 is 0 Å². The topological polar surface area (TPSA) is 51.8 Å². The normalized spacial score (nSPS) is 14.9. The molecule has 3 nitrogen and oxygen atoms in total. The smallest absolute Gasteiger partial charge is 0.0999 e. The Morgan fingerprint density at radius 3 is 2.82 bits per heavy atom. The minimum Gasteiger partial charge on any atom is -0.325 e. The zero-order valence-electron chi connectivity index (χ0n) is 9.61. The lowest BCUT2D eigenvalue weighted by Gasteiger charge is -2.06. The van der Waals surface area contributed by atoms with Crippen LogP contribution in [0.4, 0.5) is 0 Å². The van der Waals surface area contributed by atoms with E-state index in [-0.39, 0.29) is 0 Å². The van der Waals surface area contributed by atoms with Gasteiger partial charge in [0, 0.05) is 16.8 Å². The summed E-state index contributed by atoms with van der Waals surface area (Å²) in [5.41, 5.74) is 7.90. The van der Waals surface area contributed by atoms with Crippen LogP contribution in [-0.2, 0) is 25.8 Å². The standard InChI is InChI=1S/C12H15N3S2/c13-6-8-7-16-11(14-8)5-12-15-9-3-1-2-4-10(9)17-12/h7H,1-6,13H2. The molecule has 0 saturated heterocycles. The molecule has 1 aliphatic carbocycles. The van der Waals surface area contributed by atoms with Crippen LogP contribution in [0.3, 0.4) is 0 Å². The van der Waals surface area contributed by atoms with E-state index >= 15 is 0 Å². The van der Waals surface area contributed by atoms with E-state index in [1.54, 1.807) is 11.3 Å². The Bertz CT molecular complexity index is 492. The van der Waals surface area contributed by atoms with Crippen LogP contribution in [0.25, 0.3) is 0 Å². The molecule has 1 aliphatic rings. The predicted octanol–water partition coefficient (Wildman–Crippen LogP) is 2.53. The Hall–Kier alpha value is -0.780. The van der Waals surface area contributed by atoms with Crippen molar-refractivity contribution < 1.29 is 0 Å². The molecular weight excluding hydrogens is 250 g/mol. The molecule has 2 aromatic heterocycles. The van der Waals surface area contributed by atoms with Crippen molar-refractivity contribution in [3.05, 3.63) is 31.7 Å². The van der Waals surface area contributed by atoms with Gasteiger partial charge in [0.15, 0.2) is 0 Å². The molecule has 2 heterocycles. The van der Waals surface area contributed by atoms with Crippen molar-refractivity contribution in [3.8, 4) is 0 Å². The van der Waals surface area contributed by atoms with Gasteiger partial charge in [-0.2, -0.15) is 0 Å². The number of hydrogen-bond donors (Lipinski definition) is 1. The molecule has 0 amide bonds. The van der Waals surface area contributed by atoms with Gasteiger partial charge in [0.1, 0.15) is 0 Å². The molecule has 3 rings (SSSR count). The van der Waals surface area contributed by atoms with E-state index in [0.29, 0.717) is 6.54 Å². The molecule has 17 heavy (non-hydrogen) atoms. The maximum absolute atomic E-state index is 5.57. The summed E-state index contributed by atoms with van der Waals surface area (Å²) < 4.78 is 0. The summed E-state index contributed by atoms with van der Waals surface area (Å²) in [6.45, 7) is 0.533. The van der Waals surface area contributed by atoms with Gasteiger partial charge in [0.05, 0.1) is 27.8 Å². The third kappa shape index (κ3) is 2.41. The second-order valence-corrected chi connectivity index (χ2v) is 6.41. The molecule has 0 spiro atoms. The lowest BCUT2D eigenvalue weighted by Crippen LogP contribution is -1.99. The van der Waals surface area contributed by atoms with Crippen molar-refractivity contribution in [1.29, 1.82) is 0 Å². The molecule has 2 N–H and O–H groups in total. The second-order valence-electron chi connectivity index (χ2n) is 4.30. The molecule has 0 atom stereocenters. The van der Waals surface area contributed by atoms with Gasteiger partial charge in [-0.15, -0.1) is 22.7 Å². The van der Waals surface area contributed by atoms with Crippen molar-refractivity contribution in [2.24, 2.45) is 5.73 Å². The fourth-order valence-electron chi connectivity index (χ4n) is 2.13. The number of fused-ring (bicyclic) bond motifs is 1. The maximum Gasteiger partial charge on any atom is 0.0999 e. The molecule has 0 aromatic carbocycles. The zero-order valence-corrected chi connectivity index (χ0v) is 11.2. The van der Waals surface area contributed by atoms with Gasteiger partial charge in [-0.05, 0) is 25.7 Å². The van der Waals surface area contributed by atoms with Crippen LogP contribution in [0.15, 0.2) is 5.38 Å². The number of aryl methyl sites for hydroxylation is 2. The van der Waals surface area contributed by atoms with Gasteiger partial charge >= 0.3 is 0 Å². The minimum atomic E-state index is 0.533. The zero-order chi connectivity index (χ0) is 11.7. The molecule has 0 aliphatic heterocycles.